The number of hydrogen-bond acceptors (Lipinski definition) is 3. The van der Waals surface area contributed by atoms with Gasteiger partial charge in [-0.05, 0) is 50.1 Å². The van der Waals surface area contributed by atoms with Crippen molar-refractivity contribution in [3.05, 3.63) is 65.2 Å². The monoisotopic (exact) mass is 325 g/mol. The van der Waals surface area contributed by atoms with E-state index >= 15 is 0 Å². The molecule has 0 fully saturated rings. The Morgan fingerprint density at radius 1 is 0.958 bits per heavy atom. The molecule has 0 saturated carbocycles. The Labute approximate surface area is 143 Å². The lowest BCUT2D eigenvalue weighted by molar-refractivity contribution is 0.0527. The molecule has 0 aliphatic heterocycles. The van der Waals surface area contributed by atoms with Crippen LogP contribution < -0.4 is 4.90 Å². The van der Waals surface area contributed by atoms with E-state index in [2.05, 4.69) is 6.92 Å². The number of nitrogens with zero attached hydrogens (tertiary/aromatic N) is 1. The molecule has 0 aliphatic rings. The summed E-state index contributed by atoms with van der Waals surface area (Å²) in [6, 6.07) is 14.6. The summed E-state index contributed by atoms with van der Waals surface area (Å²) in [6.45, 7) is 6.49. The number of rotatable bonds is 6. The van der Waals surface area contributed by atoms with Crippen molar-refractivity contribution in [2.75, 3.05) is 18.1 Å². The largest absolute Gasteiger partial charge is 0.462 e. The molecule has 0 aliphatic carbocycles. The van der Waals surface area contributed by atoms with E-state index in [1.807, 2.05) is 37.3 Å². The summed E-state index contributed by atoms with van der Waals surface area (Å²) in [5.74, 6) is -0.544. The predicted molar refractivity (Wildman–Crippen MR) is 95.6 cm³/mol. The molecular formula is C20H23NO3. The first-order valence-electron chi connectivity index (χ1n) is 8.29. The van der Waals surface area contributed by atoms with Crippen molar-refractivity contribution in [1.82, 2.24) is 0 Å². The van der Waals surface area contributed by atoms with E-state index in [-0.39, 0.29) is 5.91 Å². The van der Waals surface area contributed by atoms with Gasteiger partial charge in [0.15, 0.2) is 0 Å². The van der Waals surface area contributed by atoms with Gasteiger partial charge < -0.3 is 9.64 Å². The summed E-state index contributed by atoms with van der Waals surface area (Å²) in [5, 5.41) is 0. The molecule has 24 heavy (non-hydrogen) atoms. The van der Waals surface area contributed by atoms with Gasteiger partial charge in [0.05, 0.1) is 17.9 Å². The highest BCUT2D eigenvalue weighted by Crippen LogP contribution is 2.23. The summed E-state index contributed by atoms with van der Waals surface area (Å²) in [4.78, 5) is 26.7. The van der Waals surface area contributed by atoms with Gasteiger partial charge in [0.25, 0.3) is 5.91 Å². The molecule has 2 rings (SSSR count). The predicted octanol–water partition coefficient (Wildman–Crippen LogP) is 4.09. The van der Waals surface area contributed by atoms with Crippen LogP contribution in [-0.2, 0) is 11.2 Å². The molecular weight excluding hydrogens is 302 g/mol. The van der Waals surface area contributed by atoms with Crippen LogP contribution in [0.1, 0.15) is 47.1 Å². The van der Waals surface area contributed by atoms with E-state index in [9.17, 15) is 9.59 Å². The minimum absolute atomic E-state index is 0.128. The molecule has 0 atom stereocenters. The maximum atomic E-state index is 12.9. The number of para-hydroxylation sites is 1. The van der Waals surface area contributed by atoms with Crippen LogP contribution in [0.5, 0.6) is 0 Å². The SMILES string of the molecule is CCOC(=O)c1ccccc1N(CC)C(=O)c1ccc(CC)cc1. The van der Waals surface area contributed by atoms with Crippen molar-refractivity contribution >= 4 is 17.6 Å². The summed E-state index contributed by atoms with van der Waals surface area (Å²) in [5.41, 5.74) is 2.76. The van der Waals surface area contributed by atoms with Gasteiger partial charge >= 0.3 is 5.97 Å². The Morgan fingerprint density at radius 3 is 2.21 bits per heavy atom. The molecule has 0 bridgehead atoms. The normalized spacial score (nSPS) is 10.3. The van der Waals surface area contributed by atoms with Crippen molar-refractivity contribution in [2.45, 2.75) is 27.2 Å². The van der Waals surface area contributed by atoms with Gasteiger partial charge in [-0.1, -0.05) is 31.2 Å². The van der Waals surface area contributed by atoms with E-state index in [4.69, 9.17) is 4.74 Å². The zero-order valence-corrected chi connectivity index (χ0v) is 14.4. The number of carbonyl (C=O) groups excluding carboxylic acids is 2. The van der Waals surface area contributed by atoms with Gasteiger partial charge in [0.2, 0.25) is 0 Å². The van der Waals surface area contributed by atoms with E-state index < -0.39 is 5.97 Å². The van der Waals surface area contributed by atoms with E-state index in [0.29, 0.717) is 30.0 Å². The molecule has 2 aromatic rings. The topological polar surface area (TPSA) is 46.6 Å². The Hall–Kier alpha value is -2.62. The fourth-order valence-corrected chi connectivity index (χ4v) is 2.55. The highest BCUT2D eigenvalue weighted by Gasteiger charge is 2.22. The second-order valence-electron chi connectivity index (χ2n) is 5.34. The second kappa shape index (κ2) is 8.29. The van der Waals surface area contributed by atoms with Crippen LogP contribution >= 0.6 is 0 Å². The molecule has 0 radical (unpaired) electrons. The molecule has 0 spiro atoms. The fourth-order valence-electron chi connectivity index (χ4n) is 2.55. The van der Waals surface area contributed by atoms with Crippen LogP contribution in [0.3, 0.4) is 0 Å². The van der Waals surface area contributed by atoms with Crippen LogP contribution in [0.4, 0.5) is 5.69 Å². The maximum Gasteiger partial charge on any atom is 0.340 e. The number of benzene rings is 2. The van der Waals surface area contributed by atoms with Crippen molar-refractivity contribution < 1.29 is 14.3 Å². The van der Waals surface area contributed by atoms with E-state index in [0.717, 1.165) is 6.42 Å². The van der Waals surface area contributed by atoms with Gasteiger partial charge in [-0.25, -0.2) is 4.79 Å². The maximum absolute atomic E-state index is 12.9. The van der Waals surface area contributed by atoms with Crippen LogP contribution in [0.2, 0.25) is 0 Å². The van der Waals surface area contributed by atoms with Crippen molar-refractivity contribution in [3.8, 4) is 0 Å². The highest BCUT2D eigenvalue weighted by atomic mass is 16.5. The minimum atomic E-state index is -0.416. The Morgan fingerprint density at radius 2 is 1.62 bits per heavy atom. The van der Waals surface area contributed by atoms with E-state index in [1.165, 1.54) is 5.56 Å². The van der Waals surface area contributed by atoms with Gasteiger partial charge in [-0.2, -0.15) is 0 Å². The Balaban J connectivity index is 2.37. The molecule has 4 nitrogen and oxygen atoms in total. The molecule has 0 aromatic heterocycles. The van der Waals surface area contributed by atoms with Crippen molar-refractivity contribution in [2.24, 2.45) is 0 Å². The first-order valence-corrected chi connectivity index (χ1v) is 8.29. The quantitative estimate of drug-likeness (QED) is 0.751. The average Bonchev–Trinajstić information content (AvgIpc) is 2.63. The standard InChI is InChI=1S/C20H23NO3/c1-4-15-11-13-16(14-12-15)19(22)21(5-2)18-10-8-7-9-17(18)20(23)24-6-3/h7-14H,4-6H2,1-3H3. The molecule has 126 valence electrons. The number of ether oxygens (including phenoxy) is 1. The lowest BCUT2D eigenvalue weighted by Crippen LogP contribution is -2.32. The number of carbonyl (C=O) groups is 2. The van der Waals surface area contributed by atoms with Crippen LogP contribution in [0.25, 0.3) is 0 Å². The van der Waals surface area contributed by atoms with Crippen molar-refractivity contribution in [1.29, 1.82) is 0 Å². The van der Waals surface area contributed by atoms with Gasteiger partial charge in [0, 0.05) is 12.1 Å². The number of hydrogen-bond donors (Lipinski definition) is 0. The minimum Gasteiger partial charge on any atom is -0.462 e. The summed E-state index contributed by atoms with van der Waals surface area (Å²) in [7, 11) is 0. The van der Waals surface area contributed by atoms with E-state index in [1.54, 1.807) is 30.0 Å². The third-order valence-corrected chi connectivity index (χ3v) is 3.86. The van der Waals surface area contributed by atoms with Gasteiger partial charge in [-0.3, -0.25) is 4.79 Å². The first-order chi connectivity index (χ1) is 11.6. The molecule has 0 N–H and O–H groups in total. The zero-order valence-electron chi connectivity index (χ0n) is 14.4. The molecule has 0 heterocycles. The number of anilines is 1. The number of aryl methyl sites for hydroxylation is 1. The second-order valence-corrected chi connectivity index (χ2v) is 5.34. The summed E-state index contributed by atoms with van der Waals surface area (Å²) in [6.07, 6.45) is 0.928. The lowest BCUT2D eigenvalue weighted by Gasteiger charge is -2.23. The molecule has 1 amide bonds. The average molecular weight is 325 g/mol. The summed E-state index contributed by atoms with van der Waals surface area (Å²) >= 11 is 0. The van der Waals surface area contributed by atoms with Crippen LogP contribution in [-0.4, -0.2) is 25.0 Å². The molecule has 2 aromatic carbocycles. The molecule has 0 saturated heterocycles. The first kappa shape index (κ1) is 17.7. The smallest absolute Gasteiger partial charge is 0.340 e. The number of amides is 1. The van der Waals surface area contributed by atoms with Gasteiger partial charge in [0.1, 0.15) is 0 Å². The summed E-state index contributed by atoms with van der Waals surface area (Å²) < 4.78 is 5.10. The van der Waals surface area contributed by atoms with Crippen LogP contribution in [0.15, 0.2) is 48.5 Å². The lowest BCUT2D eigenvalue weighted by atomic mass is 10.1. The fraction of sp³-hybridized carbons (Fsp3) is 0.300. The zero-order chi connectivity index (χ0) is 17.5. The van der Waals surface area contributed by atoms with Crippen LogP contribution in [0, 0.1) is 0 Å². The van der Waals surface area contributed by atoms with Crippen molar-refractivity contribution in [3.63, 3.8) is 0 Å². The third kappa shape index (κ3) is 3.82. The molecule has 4 heteroatoms. The Bertz CT molecular complexity index is 707. The Kier molecular flexibility index (Phi) is 6.13. The highest BCUT2D eigenvalue weighted by molar-refractivity contribution is 6.09. The third-order valence-electron chi connectivity index (χ3n) is 3.86. The number of esters is 1. The van der Waals surface area contributed by atoms with Gasteiger partial charge in [-0.15, -0.1) is 0 Å². The molecule has 0 unspecified atom stereocenters.